The molecule has 2 unspecified atom stereocenters. The molecule has 1 aliphatic carbocycles. The number of rotatable bonds is 0. The van der Waals surface area contributed by atoms with Gasteiger partial charge < -0.3 is 4.90 Å². The van der Waals surface area contributed by atoms with Crippen molar-refractivity contribution in [1.82, 2.24) is 4.90 Å². The van der Waals surface area contributed by atoms with E-state index in [1.165, 1.54) is 32.4 Å². The molecule has 1 aliphatic heterocycles. The second-order valence-corrected chi connectivity index (χ2v) is 3.67. The second kappa shape index (κ2) is 12.0. The summed E-state index contributed by atoms with van der Waals surface area (Å²) in [5.41, 5.74) is 0. The fourth-order valence-corrected chi connectivity index (χ4v) is 2.47. The van der Waals surface area contributed by atoms with Crippen molar-refractivity contribution in [2.24, 2.45) is 11.8 Å². The molecule has 1 nitrogen and oxygen atoms in total. The predicted octanol–water partition coefficient (Wildman–Crippen LogP) is 4.43. The van der Waals surface area contributed by atoms with Crippen LogP contribution in [0.3, 0.4) is 0 Å². The smallest absolute Gasteiger partial charge is 0.000985 e. The van der Waals surface area contributed by atoms with Gasteiger partial charge in [0.05, 0.1) is 0 Å². The van der Waals surface area contributed by atoms with E-state index in [4.69, 9.17) is 0 Å². The molecule has 0 bridgehead atoms. The van der Waals surface area contributed by atoms with Gasteiger partial charge >= 0.3 is 0 Å². The minimum Gasteiger partial charge on any atom is -0.306 e. The molecule has 0 amide bonds. The van der Waals surface area contributed by atoms with E-state index in [1.807, 2.05) is 41.5 Å². The van der Waals surface area contributed by atoms with Crippen LogP contribution in [-0.4, -0.2) is 25.0 Å². The fourth-order valence-electron chi connectivity index (χ4n) is 2.47. The normalized spacial score (nSPS) is 27.4. The largest absolute Gasteiger partial charge is 0.306 e. The third-order valence-corrected chi connectivity index (χ3v) is 2.91. The average molecular weight is 215 g/mol. The van der Waals surface area contributed by atoms with Crippen LogP contribution in [0.2, 0.25) is 0 Å². The van der Waals surface area contributed by atoms with E-state index in [1.54, 1.807) is 0 Å². The molecule has 0 aromatic heterocycles. The van der Waals surface area contributed by atoms with E-state index in [9.17, 15) is 0 Å². The van der Waals surface area contributed by atoms with Crippen molar-refractivity contribution in [3.05, 3.63) is 0 Å². The molecule has 1 saturated carbocycles. The molecular weight excluding hydrogens is 182 g/mol. The maximum Gasteiger partial charge on any atom is 0.000985 e. The Bertz CT molecular complexity index is 99.9. The van der Waals surface area contributed by atoms with Crippen molar-refractivity contribution in [1.29, 1.82) is 0 Å². The summed E-state index contributed by atoms with van der Waals surface area (Å²) in [4.78, 5) is 2.48. The number of fused-ring (bicyclic) bond motifs is 1. The molecular formula is C14H33N. The van der Waals surface area contributed by atoms with Crippen molar-refractivity contribution in [2.75, 3.05) is 20.1 Å². The summed E-state index contributed by atoms with van der Waals surface area (Å²) in [5, 5.41) is 0. The number of hydrogen-bond donors (Lipinski definition) is 0. The number of likely N-dealkylation sites (tertiary alicyclic amines) is 1. The molecule has 2 atom stereocenters. The van der Waals surface area contributed by atoms with E-state index in [-0.39, 0.29) is 0 Å². The van der Waals surface area contributed by atoms with E-state index < -0.39 is 0 Å². The zero-order valence-electron chi connectivity index (χ0n) is 12.1. The van der Waals surface area contributed by atoms with E-state index in [0.29, 0.717) is 0 Å². The molecule has 1 heterocycles. The quantitative estimate of drug-likeness (QED) is 0.578. The molecule has 2 fully saturated rings. The third-order valence-electron chi connectivity index (χ3n) is 2.91. The molecule has 0 spiro atoms. The van der Waals surface area contributed by atoms with Crippen LogP contribution in [0, 0.1) is 11.8 Å². The lowest BCUT2D eigenvalue weighted by atomic mass is 10.0. The van der Waals surface area contributed by atoms with Gasteiger partial charge in [-0.05, 0) is 31.7 Å². The van der Waals surface area contributed by atoms with Gasteiger partial charge in [0, 0.05) is 13.1 Å². The van der Waals surface area contributed by atoms with Crippen LogP contribution in [0.25, 0.3) is 0 Å². The Kier molecular flexibility index (Phi) is 13.9. The monoisotopic (exact) mass is 215 g/mol. The van der Waals surface area contributed by atoms with Crippen molar-refractivity contribution in [3.63, 3.8) is 0 Å². The lowest BCUT2D eigenvalue weighted by molar-refractivity contribution is 0.379. The van der Waals surface area contributed by atoms with Gasteiger partial charge in [0.25, 0.3) is 0 Å². The molecule has 2 rings (SSSR count). The highest BCUT2D eigenvalue weighted by atomic mass is 15.1. The Morgan fingerprint density at radius 3 is 1.40 bits per heavy atom. The first-order chi connectivity index (χ1) is 7.36. The maximum atomic E-state index is 2.48. The van der Waals surface area contributed by atoms with Gasteiger partial charge in [-0.3, -0.25) is 0 Å². The van der Waals surface area contributed by atoms with Crippen LogP contribution >= 0.6 is 0 Å². The molecule has 0 N–H and O–H groups in total. The highest BCUT2D eigenvalue weighted by molar-refractivity contribution is 4.86. The lowest BCUT2D eigenvalue weighted by Gasteiger charge is -2.06. The maximum absolute atomic E-state index is 2.48. The minimum atomic E-state index is 1.08. The molecule has 1 heteroatoms. The zero-order valence-corrected chi connectivity index (χ0v) is 12.1. The van der Waals surface area contributed by atoms with Crippen LogP contribution in [0.1, 0.15) is 60.8 Å². The standard InChI is InChI=1S/C8H15N.3C2H6/c1-9-5-7-3-2-4-8(7)6-9;3*1-2/h7-8H,2-6H2,1H3;3*1-2H3. The topological polar surface area (TPSA) is 3.24 Å². The summed E-state index contributed by atoms with van der Waals surface area (Å²) < 4.78 is 0. The van der Waals surface area contributed by atoms with Crippen molar-refractivity contribution in [2.45, 2.75) is 60.8 Å². The Hall–Kier alpha value is -0.0400. The zero-order chi connectivity index (χ0) is 12.3. The Morgan fingerprint density at radius 1 is 0.733 bits per heavy atom. The molecule has 0 aromatic carbocycles. The fraction of sp³-hybridized carbons (Fsp3) is 1.00. The lowest BCUT2D eigenvalue weighted by Crippen LogP contribution is -2.14. The number of nitrogens with zero attached hydrogens (tertiary/aromatic N) is 1. The van der Waals surface area contributed by atoms with E-state index in [2.05, 4.69) is 11.9 Å². The summed E-state index contributed by atoms with van der Waals surface area (Å²) >= 11 is 0. The Balaban J connectivity index is 0. The first-order valence-electron chi connectivity index (χ1n) is 7.05. The molecule has 2 aliphatic rings. The highest BCUT2D eigenvalue weighted by Crippen LogP contribution is 2.36. The molecule has 0 aromatic rings. The van der Waals surface area contributed by atoms with Crippen molar-refractivity contribution < 1.29 is 0 Å². The summed E-state index contributed by atoms with van der Waals surface area (Å²) in [5.74, 6) is 2.16. The molecule has 94 valence electrons. The first kappa shape index (κ1) is 17.4. The SMILES string of the molecule is CC.CC.CC.CN1CC2CCCC2C1. The summed E-state index contributed by atoms with van der Waals surface area (Å²) in [6, 6.07) is 0. The van der Waals surface area contributed by atoms with E-state index in [0.717, 1.165) is 11.8 Å². The summed E-state index contributed by atoms with van der Waals surface area (Å²) in [6.07, 6.45) is 4.52. The minimum absolute atomic E-state index is 1.08. The summed E-state index contributed by atoms with van der Waals surface area (Å²) in [7, 11) is 2.25. The van der Waals surface area contributed by atoms with Crippen LogP contribution in [0.5, 0.6) is 0 Å². The van der Waals surface area contributed by atoms with Gasteiger partial charge in [-0.15, -0.1) is 0 Å². The molecule has 1 saturated heterocycles. The van der Waals surface area contributed by atoms with Gasteiger partial charge in [-0.2, -0.15) is 0 Å². The van der Waals surface area contributed by atoms with Crippen LogP contribution in [0.15, 0.2) is 0 Å². The predicted molar refractivity (Wildman–Crippen MR) is 72.4 cm³/mol. The van der Waals surface area contributed by atoms with Gasteiger partial charge in [-0.1, -0.05) is 48.0 Å². The molecule has 0 radical (unpaired) electrons. The Labute approximate surface area is 98.2 Å². The molecule has 15 heavy (non-hydrogen) atoms. The van der Waals surface area contributed by atoms with E-state index >= 15 is 0 Å². The summed E-state index contributed by atoms with van der Waals surface area (Å²) in [6.45, 7) is 14.8. The third kappa shape index (κ3) is 6.19. The van der Waals surface area contributed by atoms with Gasteiger partial charge in [0.1, 0.15) is 0 Å². The highest BCUT2D eigenvalue weighted by Gasteiger charge is 2.33. The van der Waals surface area contributed by atoms with Crippen molar-refractivity contribution >= 4 is 0 Å². The van der Waals surface area contributed by atoms with Crippen LogP contribution in [-0.2, 0) is 0 Å². The van der Waals surface area contributed by atoms with Crippen molar-refractivity contribution in [3.8, 4) is 0 Å². The van der Waals surface area contributed by atoms with Gasteiger partial charge in [-0.25, -0.2) is 0 Å². The van der Waals surface area contributed by atoms with Crippen LogP contribution in [0.4, 0.5) is 0 Å². The van der Waals surface area contributed by atoms with Crippen LogP contribution < -0.4 is 0 Å². The second-order valence-electron chi connectivity index (χ2n) is 3.67. The average Bonchev–Trinajstić information content (AvgIpc) is 2.86. The van der Waals surface area contributed by atoms with Gasteiger partial charge in [0.15, 0.2) is 0 Å². The number of hydrogen-bond acceptors (Lipinski definition) is 1. The first-order valence-corrected chi connectivity index (χ1v) is 7.05. The Morgan fingerprint density at radius 2 is 1.07 bits per heavy atom. The van der Waals surface area contributed by atoms with Gasteiger partial charge in [0.2, 0.25) is 0 Å².